The van der Waals surface area contributed by atoms with E-state index < -0.39 is 23.9 Å². The molecule has 0 aromatic heterocycles. The fraction of sp³-hybridized carbons (Fsp3) is 0.333. The number of fused-ring (bicyclic) bond motifs is 1. The molecular formula is C27H28O5. The highest BCUT2D eigenvalue weighted by Gasteiger charge is 2.75. The Morgan fingerprint density at radius 2 is 1.19 bits per heavy atom. The Hall–Kier alpha value is -2.54. The van der Waals surface area contributed by atoms with Crippen LogP contribution in [0.5, 0.6) is 0 Å². The fourth-order valence-electron chi connectivity index (χ4n) is 4.47. The van der Waals surface area contributed by atoms with Crippen LogP contribution in [0.2, 0.25) is 0 Å². The predicted octanol–water partition coefficient (Wildman–Crippen LogP) is 3.89. The summed E-state index contributed by atoms with van der Waals surface area (Å²) in [5.41, 5.74) is 2.52. The van der Waals surface area contributed by atoms with Gasteiger partial charge >= 0.3 is 0 Å². The molecule has 5 heteroatoms. The summed E-state index contributed by atoms with van der Waals surface area (Å²) in [6, 6.07) is 30.0. The van der Waals surface area contributed by atoms with Gasteiger partial charge in [0, 0.05) is 0 Å². The van der Waals surface area contributed by atoms with E-state index in [1.54, 1.807) is 0 Å². The molecule has 5 atom stereocenters. The molecule has 5 nitrogen and oxygen atoms in total. The monoisotopic (exact) mass is 432 g/mol. The van der Waals surface area contributed by atoms with Gasteiger partial charge in [-0.2, -0.15) is 0 Å². The van der Waals surface area contributed by atoms with E-state index >= 15 is 0 Å². The highest BCUT2D eigenvalue weighted by Crippen LogP contribution is 2.53. The van der Waals surface area contributed by atoms with Crippen LogP contribution in [0.4, 0.5) is 0 Å². The predicted molar refractivity (Wildman–Crippen MR) is 120 cm³/mol. The summed E-state index contributed by atoms with van der Waals surface area (Å²) in [5.74, 6) is 0. The smallest absolute Gasteiger partial charge is 0.149 e. The first-order chi connectivity index (χ1) is 15.8. The maximum atomic E-state index is 10.9. The molecule has 1 aliphatic carbocycles. The minimum absolute atomic E-state index is 0.342. The summed E-state index contributed by atoms with van der Waals surface area (Å²) in [6.45, 7) is 1.64. The summed E-state index contributed by atoms with van der Waals surface area (Å²) < 4.78 is 24.5. The maximum absolute atomic E-state index is 10.9. The molecule has 1 heterocycles. The minimum Gasteiger partial charge on any atom is -0.387 e. The molecule has 3 aromatic carbocycles. The van der Waals surface area contributed by atoms with Gasteiger partial charge < -0.3 is 24.1 Å². The number of aliphatic hydroxyl groups is 1. The second-order valence-corrected chi connectivity index (χ2v) is 8.44. The zero-order valence-corrected chi connectivity index (χ0v) is 17.9. The van der Waals surface area contributed by atoms with Crippen LogP contribution in [0.25, 0.3) is 0 Å². The molecule has 1 aliphatic heterocycles. The standard InChI is InChI=1S/C27H28O5/c28-23-24(30-17-21-12-6-2-7-13-21)26(31-18-22-14-8-3-9-15-22)27(25(23)32-27)19-29-16-20-10-4-1-5-11-20/h1-15,23-26,28H,16-19H2/t23-,24+,25-,26-,27+/m0/s1. The molecule has 1 N–H and O–H groups in total. The van der Waals surface area contributed by atoms with Crippen LogP contribution in [0.1, 0.15) is 16.7 Å². The van der Waals surface area contributed by atoms with Crippen molar-refractivity contribution in [2.45, 2.75) is 49.8 Å². The van der Waals surface area contributed by atoms with E-state index in [1.165, 1.54) is 0 Å². The second kappa shape index (κ2) is 9.53. The molecule has 3 aromatic rings. The average molecular weight is 433 g/mol. The van der Waals surface area contributed by atoms with E-state index in [-0.39, 0.29) is 6.10 Å². The van der Waals surface area contributed by atoms with Crippen molar-refractivity contribution in [2.24, 2.45) is 0 Å². The van der Waals surface area contributed by atoms with Crippen molar-refractivity contribution in [2.75, 3.05) is 6.61 Å². The third-order valence-corrected chi connectivity index (χ3v) is 6.19. The number of ether oxygens (including phenoxy) is 4. The van der Waals surface area contributed by atoms with Gasteiger partial charge in [0.15, 0.2) is 0 Å². The molecule has 166 valence electrons. The largest absolute Gasteiger partial charge is 0.387 e. The topological polar surface area (TPSA) is 60.5 Å². The summed E-state index contributed by atoms with van der Waals surface area (Å²) in [4.78, 5) is 0. The van der Waals surface area contributed by atoms with Crippen LogP contribution in [0.3, 0.4) is 0 Å². The van der Waals surface area contributed by atoms with Crippen LogP contribution in [0, 0.1) is 0 Å². The molecule has 0 unspecified atom stereocenters. The Bertz CT molecular complexity index is 981. The highest BCUT2D eigenvalue weighted by atomic mass is 16.7. The van der Waals surface area contributed by atoms with Crippen LogP contribution in [0.15, 0.2) is 91.0 Å². The van der Waals surface area contributed by atoms with Crippen molar-refractivity contribution in [3.8, 4) is 0 Å². The van der Waals surface area contributed by atoms with Crippen LogP contribution >= 0.6 is 0 Å². The van der Waals surface area contributed by atoms with E-state index in [9.17, 15) is 5.11 Å². The van der Waals surface area contributed by atoms with Gasteiger partial charge in [0.1, 0.15) is 30.0 Å². The maximum Gasteiger partial charge on any atom is 0.149 e. The van der Waals surface area contributed by atoms with E-state index in [0.29, 0.717) is 26.4 Å². The number of epoxide rings is 1. The average Bonchev–Trinajstić information content (AvgIpc) is 3.53. The van der Waals surface area contributed by atoms with Crippen molar-refractivity contribution in [3.63, 3.8) is 0 Å². The molecule has 32 heavy (non-hydrogen) atoms. The van der Waals surface area contributed by atoms with Crippen LogP contribution < -0.4 is 0 Å². The van der Waals surface area contributed by atoms with Crippen molar-refractivity contribution in [1.29, 1.82) is 0 Å². The normalized spacial score (nSPS) is 28.4. The molecular weight excluding hydrogens is 404 g/mol. The minimum atomic E-state index is -0.764. The zero-order chi connectivity index (χ0) is 21.8. The molecule has 1 saturated carbocycles. The molecule has 0 amide bonds. The van der Waals surface area contributed by atoms with Gasteiger partial charge in [-0.1, -0.05) is 91.0 Å². The first kappa shape index (κ1) is 21.3. The first-order valence-electron chi connectivity index (χ1n) is 11.0. The molecule has 0 radical (unpaired) electrons. The van der Waals surface area contributed by atoms with Crippen molar-refractivity contribution >= 4 is 0 Å². The lowest BCUT2D eigenvalue weighted by Crippen LogP contribution is -2.44. The molecule has 2 aliphatic rings. The summed E-state index contributed by atoms with van der Waals surface area (Å²) >= 11 is 0. The molecule has 0 spiro atoms. The molecule has 0 bridgehead atoms. The van der Waals surface area contributed by atoms with Crippen molar-refractivity contribution < 1.29 is 24.1 Å². The summed E-state index contributed by atoms with van der Waals surface area (Å²) in [6.07, 6.45) is -2.03. The number of hydrogen-bond acceptors (Lipinski definition) is 5. The van der Waals surface area contributed by atoms with Gasteiger partial charge in [-0.25, -0.2) is 0 Å². The lowest BCUT2D eigenvalue weighted by molar-refractivity contribution is -0.155. The third-order valence-electron chi connectivity index (χ3n) is 6.19. The van der Waals surface area contributed by atoms with E-state index in [2.05, 4.69) is 0 Å². The lowest BCUT2D eigenvalue weighted by Gasteiger charge is -2.29. The van der Waals surface area contributed by atoms with Crippen molar-refractivity contribution in [1.82, 2.24) is 0 Å². The number of rotatable bonds is 10. The van der Waals surface area contributed by atoms with Gasteiger partial charge in [-0.3, -0.25) is 0 Å². The van der Waals surface area contributed by atoms with Gasteiger partial charge in [0.25, 0.3) is 0 Å². The van der Waals surface area contributed by atoms with Gasteiger partial charge in [-0.15, -0.1) is 0 Å². The Kier molecular flexibility index (Phi) is 6.35. The number of benzene rings is 3. The molecule has 1 saturated heterocycles. The first-order valence-corrected chi connectivity index (χ1v) is 11.0. The number of hydrogen-bond donors (Lipinski definition) is 1. The fourth-order valence-corrected chi connectivity index (χ4v) is 4.47. The van der Waals surface area contributed by atoms with Gasteiger partial charge in [0.2, 0.25) is 0 Å². The second-order valence-electron chi connectivity index (χ2n) is 8.44. The van der Waals surface area contributed by atoms with Crippen LogP contribution in [-0.4, -0.2) is 41.7 Å². The SMILES string of the molecule is O[C@H]1[C@@H](OCc2ccccc2)[C@H](OCc2ccccc2)[C@]2(COCc3ccccc3)O[C@@H]12. The van der Waals surface area contributed by atoms with Crippen molar-refractivity contribution in [3.05, 3.63) is 108 Å². The van der Waals surface area contributed by atoms with Crippen LogP contribution in [-0.2, 0) is 38.8 Å². The summed E-state index contributed by atoms with van der Waals surface area (Å²) in [7, 11) is 0. The molecule has 5 rings (SSSR count). The Labute approximate surface area is 188 Å². The Morgan fingerprint density at radius 1 is 0.688 bits per heavy atom. The Balaban J connectivity index is 1.28. The van der Waals surface area contributed by atoms with E-state index in [1.807, 2.05) is 91.0 Å². The quantitative estimate of drug-likeness (QED) is 0.493. The van der Waals surface area contributed by atoms with E-state index in [4.69, 9.17) is 18.9 Å². The highest BCUT2D eigenvalue weighted by molar-refractivity contribution is 5.24. The van der Waals surface area contributed by atoms with E-state index in [0.717, 1.165) is 16.7 Å². The zero-order valence-electron chi connectivity index (χ0n) is 17.9. The Morgan fingerprint density at radius 3 is 1.75 bits per heavy atom. The lowest BCUT2D eigenvalue weighted by atomic mass is 10.1. The van der Waals surface area contributed by atoms with Gasteiger partial charge in [-0.05, 0) is 16.7 Å². The number of aliphatic hydroxyl groups excluding tert-OH is 1. The van der Waals surface area contributed by atoms with Gasteiger partial charge in [0.05, 0.1) is 26.4 Å². The molecule has 2 fully saturated rings. The summed E-state index contributed by atoms with van der Waals surface area (Å²) in [5, 5.41) is 10.9. The third kappa shape index (κ3) is 4.49.